The van der Waals surface area contributed by atoms with Gasteiger partial charge < -0.3 is 96.8 Å². The van der Waals surface area contributed by atoms with Crippen LogP contribution in [0, 0.1) is 17.8 Å². The standard InChI is InChI=1S/C61H92N16O16/c1-31(2)25-37(62)51(83)73-44(28-35-29-68-38-16-11-10-15-36(35)38)57(89)72-40(18-21-47(63)79)53(85)69-39(17-12-24-67-61(65)66)52(84)74-43(27-34-13-8-7-9-14-34)56(88)71-41(19-22-48(64)80)54(86)70-42(20-23-49(81)82)55(87)77-50(33(5)6)59(91)76-46(30-78)58(90)75-45(60(92)93)26-32(3)4/h7-11,13-16,29,31-33,37,39-46,50,68,78H,12,17-28,30,62H2,1-6H3,(H2,63,79)(H2,64,80)(H,69,85)(H,70,86)(H,71,88)(H,72,89)(H,73,83)(H,74,84)(H,75,90)(H,76,91)(H,77,87)(H,81,82)(H,92,93)(H4,65,66,67)/t37-,39-,40-,41-,42-,43-,44-,45-,46-,50-/m0/s1. The van der Waals surface area contributed by atoms with Gasteiger partial charge in [0.25, 0.3) is 0 Å². The van der Waals surface area contributed by atoms with Crippen molar-refractivity contribution in [1.82, 2.24) is 52.8 Å². The van der Waals surface area contributed by atoms with Crippen LogP contribution in [0.5, 0.6) is 0 Å². The number of nitrogens with one attached hydrogen (secondary N) is 10. The Hall–Kier alpha value is -9.72. The summed E-state index contributed by atoms with van der Waals surface area (Å²) in [4.78, 5) is 183. The van der Waals surface area contributed by atoms with E-state index in [2.05, 4.69) is 57.8 Å². The minimum Gasteiger partial charge on any atom is -0.481 e. The van der Waals surface area contributed by atoms with E-state index in [-0.39, 0.29) is 62.9 Å². The number of aliphatic carboxylic acids is 2. The Morgan fingerprint density at radius 2 is 0.914 bits per heavy atom. The van der Waals surface area contributed by atoms with Crippen LogP contribution >= 0.6 is 0 Å². The van der Waals surface area contributed by atoms with Gasteiger partial charge in [0.1, 0.15) is 54.4 Å². The highest BCUT2D eigenvalue weighted by Crippen LogP contribution is 2.20. The topological polar surface area (TPSA) is 549 Å². The first-order valence-corrected chi connectivity index (χ1v) is 30.6. The zero-order chi connectivity index (χ0) is 69.6. The second-order valence-corrected chi connectivity index (χ2v) is 23.8. The molecule has 3 rings (SSSR count). The zero-order valence-corrected chi connectivity index (χ0v) is 53.2. The van der Waals surface area contributed by atoms with Crippen molar-refractivity contribution in [3.63, 3.8) is 0 Å². The van der Waals surface area contributed by atoms with E-state index in [1.54, 1.807) is 68.6 Å². The molecule has 0 aliphatic rings. The number of primary amides is 2. The van der Waals surface area contributed by atoms with E-state index >= 15 is 0 Å². The summed E-state index contributed by atoms with van der Waals surface area (Å²) in [5.74, 6) is -14.9. The lowest BCUT2D eigenvalue weighted by Gasteiger charge is -2.29. The molecule has 0 aliphatic heterocycles. The Morgan fingerprint density at radius 1 is 0.484 bits per heavy atom. The number of para-hydroxylation sites is 1. The van der Waals surface area contributed by atoms with Crippen LogP contribution in [0.3, 0.4) is 0 Å². The van der Waals surface area contributed by atoms with Crippen LogP contribution in [-0.4, -0.2) is 177 Å². The lowest BCUT2D eigenvalue weighted by molar-refractivity contribution is -0.143. The number of rotatable bonds is 42. The Balaban J connectivity index is 2.02. The third-order valence-corrected chi connectivity index (χ3v) is 14.6. The van der Waals surface area contributed by atoms with Gasteiger partial charge in [0.05, 0.1) is 12.6 Å². The van der Waals surface area contributed by atoms with Gasteiger partial charge in [0.2, 0.25) is 65.0 Å². The summed E-state index contributed by atoms with van der Waals surface area (Å²) in [7, 11) is 0. The van der Waals surface area contributed by atoms with Crippen LogP contribution in [-0.2, 0) is 75.2 Å². The summed E-state index contributed by atoms with van der Waals surface area (Å²) in [6, 6.07) is -0.00467. The Labute approximate surface area is 538 Å². The SMILES string of the molecule is CC(C)C[C@H](NC(=O)[C@H](CO)NC(=O)[C@@H](NC(=O)[C@H](CCC(=O)O)NC(=O)[C@H](CCC(N)=O)NC(=O)[C@H](Cc1ccccc1)NC(=O)[C@H](CCCN=C(N)N)NC(=O)[C@H](CCC(N)=O)NC(=O)[C@H](Cc1c[nH]c2ccccc12)NC(=O)[C@@H](N)CC(C)C)C(C)C)C(=O)O. The van der Waals surface area contributed by atoms with E-state index in [1.807, 2.05) is 19.9 Å². The molecule has 32 nitrogen and oxygen atoms in total. The molecule has 2 aromatic carbocycles. The number of aliphatic hydroxyl groups is 1. The van der Waals surface area contributed by atoms with Crippen LogP contribution in [0.15, 0.2) is 65.8 Å². The van der Waals surface area contributed by atoms with Crippen molar-refractivity contribution in [3.8, 4) is 0 Å². The van der Waals surface area contributed by atoms with Gasteiger partial charge in [0.15, 0.2) is 5.96 Å². The average Bonchev–Trinajstić information content (AvgIpc) is 1.80. The zero-order valence-electron chi connectivity index (χ0n) is 53.2. The quantitative estimate of drug-likeness (QED) is 0.0152. The first-order chi connectivity index (χ1) is 43.8. The Morgan fingerprint density at radius 3 is 1.40 bits per heavy atom. The summed E-state index contributed by atoms with van der Waals surface area (Å²) in [5, 5.41) is 52.5. The second-order valence-electron chi connectivity index (χ2n) is 23.8. The number of hydrogen-bond donors (Lipinski definition) is 18. The first kappa shape index (κ1) is 77.5. The minimum absolute atomic E-state index is 0.00442. The normalized spacial score (nSPS) is 14.4. The Bertz CT molecular complexity index is 3100. The molecule has 1 heterocycles. The molecule has 11 amide bonds. The molecular formula is C61H92N16O16. The van der Waals surface area contributed by atoms with Crippen molar-refractivity contribution in [2.75, 3.05) is 13.2 Å². The van der Waals surface area contributed by atoms with Crippen molar-refractivity contribution >= 4 is 93.8 Å². The van der Waals surface area contributed by atoms with Crippen molar-refractivity contribution < 1.29 is 77.6 Å². The maximum atomic E-state index is 14.7. The number of carbonyl (C=O) groups excluding carboxylic acids is 11. The van der Waals surface area contributed by atoms with E-state index in [0.717, 1.165) is 10.9 Å². The van der Waals surface area contributed by atoms with Crippen molar-refractivity contribution in [1.29, 1.82) is 0 Å². The number of nitrogens with zero attached hydrogens (tertiary/aromatic N) is 1. The second kappa shape index (κ2) is 38.9. The summed E-state index contributed by atoms with van der Waals surface area (Å²) in [5.41, 5.74) is 30.2. The first-order valence-electron chi connectivity index (χ1n) is 30.6. The maximum absolute atomic E-state index is 14.7. The predicted molar refractivity (Wildman–Crippen MR) is 340 cm³/mol. The van der Waals surface area contributed by atoms with E-state index in [4.69, 9.17) is 28.7 Å². The highest BCUT2D eigenvalue weighted by Gasteiger charge is 2.37. The fourth-order valence-electron chi connectivity index (χ4n) is 9.67. The largest absolute Gasteiger partial charge is 0.481 e. The third kappa shape index (κ3) is 27.7. The number of carbonyl (C=O) groups is 13. The number of carboxylic acid groups (broad SMARTS) is 2. The number of fused-ring (bicyclic) bond motifs is 1. The molecule has 0 fully saturated rings. The number of nitrogens with two attached hydrogens (primary N) is 5. The van der Waals surface area contributed by atoms with Crippen LogP contribution in [0.25, 0.3) is 10.9 Å². The van der Waals surface area contributed by atoms with Crippen LogP contribution in [0.4, 0.5) is 0 Å². The number of aliphatic imine (C=N–C) groups is 1. The number of H-pyrrole nitrogens is 1. The van der Waals surface area contributed by atoms with Crippen LogP contribution in [0.2, 0.25) is 0 Å². The molecule has 3 aromatic rings. The van der Waals surface area contributed by atoms with Crippen molar-refractivity contribution in [2.24, 2.45) is 51.4 Å². The minimum atomic E-state index is -1.78. The molecule has 23 N–H and O–H groups in total. The van der Waals surface area contributed by atoms with Crippen LogP contribution < -0.4 is 76.5 Å². The molecule has 0 unspecified atom stereocenters. The van der Waals surface area contributed by atoms with Gasteiger partial charge in [-0.15, -0.1) is 0 Å². The molecular weight excluding hydrogens is 1210 g/mol. The lowest BCUT2D eigenvalue weighted by atomic mass is 10.0. The molecule has 10 atom stereocenters. The van der Waals surface area contributed by atoms with Gasteiger partial charge >= 0.3 is 11.9 Å². The number of guanidine groups is 1. The highest BCUT2D eigenvalue weighted by molar-refractivity contribution is 5.99. The molecule has 0 bridgehead atoms. The molecule has 93 heavy (non-hydrogen) atoms. The molecule has 0 radical (unpaired) electrons. The number of amides is 11. The van der Waals surface area contributed by atoms with Crippen molar-refractivity contribution in [3.05, 3.63) is 71.9 Å². The van der Waals surface area contributed by atoms with E-state index in [0.29, 0.717) is 11.1 Å². The van der Waals surface area contributed by atoms with Crippen LogP contribution in [0.1, 0.15) is 117 Å². The maximum Gasteiger partial charge on any atom is 0.326 e. The monoisotopic (exact) mass is 1300 g/mol. The fraction of sp³-hybridized carbons (Fsp3) is 0.541. The summed E-state index contributed by atoms with van der Waals surface area (Å²) in [6.45, 7) is 9.05. The highest BCUT2D eigenvalue weighted by atomic mass is 16.4. The van der Waals surface area contributed by atoms with E-state index in [9.17, 15) is 77.6 Å². The van der Waals surface area contributed by atoms with Gasteiger partial charge in [-0.2, -0.15) is 0 Å². The van der Waals surface area contributed by atoms with E-state index in [1.165, 1.54) is 13.8 Å². The molecule has 0 aliphatic carbocycles. The molecule has 0 spiro atoms. The van der Waals surface area contributed by atoms with E-state index < -0.39 is 188 Å². The number of aromatic amines is 1. The van der Waals surface area contributed by atoms with Crippen molar-refractivity contribution in [2.45, 2.75) is 179 Å². The average molecular weight is 1310 g/mol. The molecule has 0 saturated carbocycles. The fourth-order valence-corrected chi connectivity index (χ4v) is 9.67. The molecule has 512 valence electrons. The predicted octanol–water partition coefficient (Wildman–Crippen LogP) is -3.08. The summed E-state index contributed by atoms with van der Waals surface area (Å²) >= 11 is 0. The molecule has 0 saturated heterocycles. The number of hydrogen-bond acceptors (Lipinski definition) is 16. The van der Waals surface area contributed by atoms with Gasteiger partial charge in [0, 0.05) is 55.7 Å². The number of benzene rings is 2. The van der Waals surface area contributed by atoms with Gasteiger partial charge in [-0.1, -0.05) is 90.1 Å². The summed E-state index contributed by atoms with van der Waals surface area (Å²) in [6.07, 6.45) is -1.97. The molecule has 1 aromatic heterocycles. The third-order valence-electron chi connectivity index (χ3n) is 14.6. The number of aliphatic hydroxyl groups excluding tert-OH is 1. The Kier molecular flexibility index (Phi) is 32.4. The van der Waals surface area contributed by atoms with Gasteiger partial charge in [-0.05, 0) is 79.9 Å². The lowest BCUT2D eigenvalue weighted by Crippen LogP contribution is -2.61. The number of carboxylic acids is 2. The van der Waals surface area contributed by atoms with Gasteiger partial charge in [-0.25, -0.2) is 4.79 Å². The number of aromatic nitrogens is 1. The summed E-state index contributed by atoms with van der Waals surface area (Å²) < 4.78 is 0. The van der Waals surface area contributed by atoms with Gasteiger partial charge in [-0.3, -0.25) is 62.5 Å². The smallest absolute Gasteiger partial charge is 0.326 e. The molecule has 32 heteroatoms.